The second-order valence-electron chi connectivity index (χ2n) is 21.8. The molecule has 0 unspecified atom stereocenters. The highest BCUT2D eigenvalue weighted by Gasteiger charge is 2.68. The number of rotatable bonds is 14. The van der Waals surface area contributed by atoms with Crippen LogP contribution in [0.2, 0.25) is 0 Å². The highest BCUT2D eigenvalue weighted by molar-refractivity contribution is 5.15. The Bertz CT molecular complexity index is 1580. The number of aliphatic hydroxyl groups excluding tert-OH is 11. The summed E-state index contributed by atoms with van der Waals surface area (Å²) in [5.41, 5.74) is 0.0708. The standard InChI is InChI=1S/C46H78O19/c1-20(18-59-19-31-36(53)37(54)33(50)28(15-47)61-31)7-12-46(58)21(2)32-27(65-46)14-26-24-6-5-22-13-23(8-10-44(22,3)25(24)9-11-45(26,32)4)60-43-41(39(56)35(52)30(17-49)63-43)64-42-40(57)38(55)34(51)29(16-48)62-42/h20-43,47-58H,5-19H2,1-4H3/t20-,21+,22+,23+,24-,25+,26+,27+,28-,29-,30-,31+,32+,33-,34-,35-,36+,37+,38+,39+,40-,41-,42+,43-,44+,45+,46-/m1/s1. The molecule has 0 bridgehead atoms. The predicted molar refractivity (Wildman–Crippen MR) is 224 cm³/mol. The Morgan fingerprint density at radius 3 is 1.91 bits per heavy atom. The van der Waals surface area contributed by atoms with Gasteiger partial charge in [-0.15, -0.1) is 0 Å². The second-order valence-corrected chi connectivity index (χ2v) is 21.8. The van der Waals surface area contributed by atoms with Crippen molar-refractivity contribution in [1.29, 1.82) is 0 Å². The van der Waals surface area contributed by atoms with Gasteiger partial charge in [0.1, 0.15) is 79.4 Å². The summed E-state index contributed by atoms with van der Waals surface area (Å²) in [4.78, 5) is 0. The summed E-state index contributed by atoms with van der Waals surface area (Å²) >= 11 is 0. The fourth-order valence-electron chi connectivity index (χ4n) is 14.4. The van der Waals surface area contributed by atoms with Crippen LogP contribution in [0.15, 0.2) is 0 Å². The molecule has 0 radical (unpaired) electrons. The summed E-state index contributed by atoms with van der Waals surface area (Å²) in [6, 6.07) is 0. The van der Waals surface area contributed by atoms with Gasteiger partial charge in [-0.3, -0.25) is 0 Å². The molecule has 4 saturated heterocycles. The Kier molecular flexibility index (Phi) is 15.4. The van der Waals surface area contributed by atoms with Gasteiger partial charge in [0, 0.05) is 18.9 Å². The van der Waals surface area contributed by atoms with Gasteiger partial charge in [-0.25, -0.2) is 0 Å². The van der Waals surface area contributed by atoms with Crippen LogP contribution in [-0.4, -0.2) is 204 Å². The highest BCUT2D eigenvalue weighted by Crippen LogP contribution is 2.71. The van der Waals surface area contributed by atoms with E-state index in [9.17, 15) is 61.3 Å². The Morgan fingerprint density at radius 2 is 1.23 bits per heavy atom. The van der Waals surface area contributed by atoms with Gasteiger partial charge in [0.05, 0.1) is 38.6 Å². The first-order valence-corrected chi connectivity index (χ1v) is 24.3. The summed E-state index contributed by atoms with van der Waals surface area (Å²) in [7, 11) is 0. The third-order valence-electron chi connectivity index (χ3n) is 18.3. The van der Waals surface area contributed by atoms with E-state index >= 15 is 0 Å². The molecule has 4 saturated carbocycles. The van der Waals surface area contributed by atoms with Crippen LogP contribution in [0.5, 0.6) is 0 Å². The van der Waals surface area contributed by atoms with Crippen LogP contribution in [0, 0.1) is 52.3 Å². The van der Waals surface area contributed by atoms with E-state index in [1.54, 1.807) is 0 Å². The van der Waals surface area contributed by atoms with Crippen molar-refractivity contribution in [1.82, 2.24) is 0 Å². The van der Waals surface area contributed by atoms with E-state index in [2.05, 4.69) is 20.8 Å². The van der Waals surface area contributed by atoms with Crippen molar-refractivity contribution in [2.45, 2.75) is 202 Å². The number of aliphatic hydroxyl groups is 12. The zero-order chi connectivity index (χ0) is 46.9. The van der Waals surface area contributed by atoms with Crippen molar-refractivity contribution in [2.75, 3.05) is 33.0 Å². The zero-order valence-electron chi connectivity index (χ0n) is 38.2. The molecule has 0 amide bonds. The van der Waals surface area contributed by atoms with Gasteiger partial charge in [0.15, 0.2) is 18.4 Å². The SMILES string of the molecule is C[C@H](CC[C@@]1(O)O[C@H]2C[C@H]3[C@@H]4CC[C@H]5C[C@@H](O[C@@H]6O[C@H](CO)[C@@H](O)[C@H](O)[C@H]6O[C@@H]6O[C@H](CO)[C@@H](O)[C@H](O)[C@H]6O)CC[C@]5(C)[C@H]4CC[C@]3(C)[C@H]2[C@@H]1C)COC[C@@H]1O[C@H](CO)[C@@H](O)[C@H](O)[C@H]1O. The molecule has 0 aromatic carbocycles. The van der Waals surface area contributed by atoms with E-state index in [4.69, 9.17) is 33.2 Å². The molecule has 8 aliphatic rings. The van der Waals surface area contributed by atoms with Gasteiger partial charge >= 0.3 is 0 Å². The Labute approximate surface area is 380 Å². The van der Waals surface area contributed by atoms with Crippen molar-refractivity contribution in [3.8, 4) is 0 Å². The van der Waals surface area contributed by atoms with Crippen molar-refractivity contribution in [2.24, 2.45) is 52.3 Å². The zero-order valence-corrected chi connectivity index (χ0v) is 38.2. The predicted octanol–water partition coefficient (Wildman–Crippen LogP) is -1.74. The molecule has 0 spiro atoms. The van der Waals surface area contributed by atoms with Crippen molar-refractivity contribution >= 4 is 0 Å². The van der Waals surface area contributed by atoms with E-state index in [0.717, 1.165) is 44.9 Å². The maximum absolute atomic E-state index is 12.1. The van der Waals surface area contributed by atoms with E-state index in [1.807, 2.05) is 6.92 Å². The van der Waals surface area contributed by atoms with E-state index < -0.39 is 118 Å². The number of ether oxygens (including phenoxy) is 7. The van der Waals surface area contributed by atoms with E-state index in [1.165, 1.54) is 0 Å². The molecule has 0 aromatic heterocycles. The molecule has 27 atom stereocenters. The Hall–Kier alpha value is -0.760. The largest absolute Gasteiger partial charge is 0.394 e. The molecule has 376 valence electrons. The quantitative estimate of drug-likeness (QED) is 0.0861. The fraction of sp³-hybridized carbons (Fsp3) is 1.00. The molecular formula is C46H78O19. The maximum Gasteiger partial charge on any atom is 0.187 e. The first kappa shape index (κ1) is 50.6. The van der Waals surface area contributed by atoms with Crippen LogP contribution in [-0.2, 0) is 33.2 Å². The van der Waals surface area contributed by atoms with Crippen LogP contribution in [0.3, 0.4) is 0 Å². The number of fused-ring (bicyclic) bond motifs is 7. The van der Waals surface area contributed by atoms with E-state index in [0.29, 0.717) is 49.5 Å². The molecule has 4 aliphatic carbocycles. The molecule has 65 heavy (non-hydrogen) atoms. The molecule has 12 N–H and O–H groups in total. The van der Waals surface area contributed by atoms with Crippen molar-refractivity contribution < 1.29 is 94.4 Å². The minimum Gasteiger partial charge on any atom is -0.394 e. The first-order valence-electron chi connectivity index (χ1n) is 24.3. The number of hydrogen-bond donors (Lipinski definition) is 12. The lowest BCUT2D eigenvalue weighted by Crippen LogP contribution is -2.65. The normalized spacial score (nSPS) is 54.9. The summed E-state index contributed by atoms with van der Waals surface area (Å²) in [5, 5.41) is 125. The Balaban J connectivity index is 0.855. The van der Waals surface area contributed by atoms with Crippen LogP contribution < -0.4 is 0 Å². The molecule has 19 nitrogen and oxygen atoms in total. The molecule has 8 fully saturated rings. The number of hydrogen-bond acceptors (Lipinski definition) is 19. The second kappa shape index (κ2) is 19.8. The van der Waals surface area contributed by atoms with Crippen LogP contribution >= 0.6 is 0 Å². The van der Waals surface area contributed by atoms with E-state index in [-0.39, 0.29) is 47.4 Å². The summed E-state index contributed by atoms with van der Waals surface area (Å²) in [6.07, 6.45) is -12.9. The topological polar surface area (TPSA) is 307 Å². The molecule has 0 aromatic rings. The third kappa shape index (κ3) is 9.12. The first-order chi connectivity index (χ1) is 30.8. The lowest BCUT2D eigenvalue weighted by molar-refractivity contribution is -0.373. The highest BCUT2D eigenvalue weighted by atomic mass is 16.8. The summed E-state index contributed by atoms with van der Waals surface area (Å²) < 4.78 is 42.1. The van der Waals surface area contributed by atoms with Crippen LogP contribution in [0.4, 0.5) is 0 Å². The van der Waals surface area contributed by atoms with Gasteiger partial charge in [0.25, 0.3) is 0 Å². The molecular weight excluding hydrogens is 856 g/mol. The minimum atomic E-state index is -1.75. The van der Waals surface area contributed by atoms with Crippen LogP contribution in [0.25, 0.3) is 0 Å². The van der Waals surface area contributed by atoms with Crippen molar-refractivity contribution in [3.63, 3.8) is 0 Å². The average molecular weight is 935 g/mol. The lowest BCUT2D eigenvalue weighted by atomic mass is 9.44. The van der Waals surface area contributed by atoms with Gasteiger partial charge in [-0.1, -0.05) is 27.7 Å². The monoisotopic (exact) mass is 935 g/mol. The molecule has 4 heterocycles. The van der Waals surface area contributed by atoms with Gasteiger partial charge in [0.2, 0.25) is 0 Å². The smallest absolute Gasteiger partial charge is 0.187 e. The Morgan fingerprint density at radius 1 is 0.631 bits per heavy atom. The lowest BCUT2D eigenvalue weighted by Gasteiger charge is -2.61. The summed E-state index contributed by atoms with van der Waals surface area (Å²) in [5.74, 6) is 0.757. The fourth-order valence-corrected chi connectivity index (χ4v) is 14.4. The summed E-state index contributed by atoms with van der Waals surface area (Å²) in [6.45, 7) is 7.56. The minimum absolute atomic E-state index is 0.0162. The van der Waals surface area contributed by atoms with Gasteiger partial charge in [-0.05, 0) is 104 Å². The average Bonchev–Trinajstić information content (AvgIpc) is 3.72. The molecule has 8 rings (SSSR count). The van der Waals surface area contributed by atoms with Crippen molar-refractivity contribution in [3.05, 3.63) is 0 Å². The molecule has 19 heteroatoms. The molecule has 4 aliphatic heterocycles. The van der Waals surface area contributed by atoms with Crippen LogP contribution in [0.1, 0.15) is 91.9 Å². The third-order valence-corrected chi connectivity index (χ3v) is 18.3. The van der Waals surface area contributed by atoms with Gasteiger partial charge < -0.3 is 94.4 Å². The maximum atomic E-state index is 12.1. The van der Waals surface area contributed by atoms with Gasteiger partial charge in [-0.2, -0.15) is 0 Å².